The Hall–Kier alpha value is -1.21. The molecule has 0 heterocycles. The highest BCUT2D eigenvalue weighted by molar-refractivity contribution is 14.1. The fraction of sp³-hybridized carbons (Fsp3) is 0. The molecular weight excluding hydrogens is 387 g/mol. The van der Waals surface area contributed by atoms with Gasteiger partial charge in [-0.25, -0.2) is 8.78 Å². The zero-order chi connectivity index (χ0) is 14.0. The molecule has 0 radical (unpaired) electrons. The van der Waals surface area contributed by atoms with Crippen molar-refractivity contribution in [1.82, 2.24) is 0 Å². The first-order valence-electron chi connectivity index (χ1n) is 5.19. The first-order valence-corrected chi connectivity index (χ1v) is 6.64. The van der Waals surface area contributed by atoms with Crippen LogP contribution in [0.25, 0.3) is 0 Å². The van der Waals surface area contributed by atoms with Gasteiger partial charge < -0.3 is 5.32 Å². The van der Waals surface area contributed by atoms with E-state index in [4.69, 9.17) is 11.6 Å². The molecule has 0 aliphatic heterocycles. The third-order valence-corrected chi connectivity index (χ3v) is 3.55. The normalized spacial score (nSPS) is 10.3. The first-order chi connectivity index (χ1) is 8.97. The number of nitrogens with one attached hydrogen (secondary N) is 1. The van der Waals surface area contributed by atoms with Crippen molar-refractivity contribution in [3.63, 3.8) is 0 Å². The summed E-state index contributed by atoms with van der Waals surface area (Å²) in [5.74, 6) is -1.47. The van der Waals surface area contributed by atoms with Gasteiger partial charge in [0.1, 0.15) is 11.6 Å². The minimum atomic E-state index is -0.617. The molecule has 2 aromatic rings. The molecule has 0 saturated heterocycles. The van der Waals surface area contributed by atoms with Crippen molar-refractivity contribution in [2.24, 2.45) is 0 Å². The van der Waals surface area contributed by atoms with Crippen LogP contribution in [-0.4, -0.2) is 5.91 Å². The largest absolute Gasteiger partial charge is 0.322 e. The molecule has 0 fully saturated rings. The molecule has 1 N–H and O–H groups in total. The zero-order valence-electron chi connectivity index (χ0n) is 9.38. The number of amides is 1. The Balaban J connectivity index is 2.23. The van der Waals surface area contributed by atoms with Crippen molar-refractivity contribution in [3.8, 4) is 0 Å². The van der Waals surface area contributed by atoms with Gasteiger partial charge in [-0.15, -0.1) is 0 Å². The number of anilines is 1. The maximum Gasteiger partial charge on any atom is 0.256 e. The van der Waals surface area contributed by atoms with E-state index in [1.165, 1.54) is 30.3 Å². The molecule has 0 spiro atoms. The molecule has 98 valence electrons. The third kappa shape index (κ3) is 3.42. The molecule has 0 atom stereocenters. The van der Waals surface area contributed by atoms with Crippen LogP contribution in [0, 0.1) is 15.2 Å². The highest BCUT2D eigenvalue weighted by Crippen LogP contribution is 2.20. The van der Waals surface area contributed by atoms with Crippen LogP contribution < -0.4 is 5.32 Å². The van der Waals surface area contributed by atoms with Crippen molar-refractivity contribution in [2.75, 3.05) is 5.32 Å². The van der Waals surface area contributed by atoms with Gasteiger partial charge in [0, 0.05) is 9.26 Å². The quantitative estimate of drug-likeness (QED) is 0.749. The van der Waals surface area contributed by atoms with Crippen LogP contribution in [0.3, 0.4) is 0 Å². The van der Waals surface area contributed by atoms with Gasteiger partial charge in [-0.2, -0.15) is 0 Å². The molecule has 0 aliphatic carbocycles. The predicted octanol–water partition coefficient (Wildman–Crippen LogP) is 4.48. The molecule has 2 rings (SSSR count). The fourth-order valence-electron chi connectivity index (χ4n) is 1.45. The van der Waals surface area contributed by atoms with Crippen molar-refractivity contribution < 1.29 is 13.6 Å². The van der Waals surface area contributed by atoms with Gasteiger partial charge in [0.05, 0.1) is 10.6 Å². The summed E-state index contributed by atoms with van der Waals surface area (Å²) in [7, 11) is 0. The fourth-order valence-corrected chi connectivity index (χ4v) is 2.29. The van der Waals surface area contributed by atoms with Crippen molar-refractivity contribution in [3.05, 3.63) is 62.2 Å². The van der Waals surface area contributed by atoms with Gasteiger partial charge in [0.25, 0.3) is 5.91 Å². The summed E-state index contributed by atoms with van der Waals surface area (Å²) in [6.07, 6.45) is 0. The maximum atomic E-state index is 13.2. The molecule has 0 aromatic heterocycles. The highest BCUT2D eigenvalue weighted by atomic mass is 127. The summed E-state index contributed by atoms with van der Waals surface area (Å²) in [6.45, 7) is 0. The van der Waals surface area contributed by atoms with E-state index >= 15 is 0 Å². The summed E-state index contributed by atoms with van der Waals surface area (Å²) in [5.41, 5.74) is 0.601. The van der Waals surface area contributed by atoms with E-state index in [2.05, 4.69) is 5.32 Å². The van der Waals surface area contributed by atoms with E-state index < -0.39 is 17.5 Å². The van der Waals surface area contributed by atoms with Crippen LogP contribution in [-0.2, 0) is 0 Å². The van der Waals surface area contributed by atoms with E-state index in [-0.39, 0.29) is 10.7 Å². The zero-order valence-corrected chi connectivity index (χ0v) is 12.3. The Kier molecular flexibility index (Phi) is 4.36. The Bertz CT molecular complexity index is 649. The Labute approximate surface area is 126 Å². The Morgan fingerprint density at radius 3 is 2.53 bits per heavy atom. The lowest BCUT2D eigenvalue weighted by Crippen LogP contribution is -2.13. The minimum absolute atomic E-state index is 0.0191. The number of rotatable bonds is 2. The lowest BCUT2D eigenvalue weighted by molar-refractivity contribution is 0.102. The highest BCUT2D eigenvalue weighted by Gasteiger charge is 2.11. The number of hydrogen-bond donors (Lipinski definition) is 1. The van der Waals surface area contributed by atoms with E-state index in [9.17, 15) is 13.6 Å². The van der Waals surface area contributed by atoms with Gasteiger partial charge in [0.15, 0.2) is 0 Å². The summed E-state index contributed by atoms with van der Waals surface area (Å²) in [4.78, 5) is 11.9. The van der Waals surface area contributed by atoms with Crippen LogP contribution in [0.1, 0.15) is 10.4 Å². The number of halogens is 4. The maximum absolute atomic E-state index is 13.2. The average molecular weight is 394 g/mol. The van der Waals surface area contributed by atoms with Gasteiger partial charge >= 0.3 is 0 Å². The van der Waals surface area contributed by atoms with E-state index in [0.29, 0.717) is 9.13 Å². The average Bonchev–Trinajstić information content (AvgIpc) is 2.33. The van der Waals surface area contributed by atoms with Gasteiger partial charge in [-0.3, -0.25) is 4.79 Å². The number of carbonyl (C=O) groups excluding carboxylic acids is 1. The predicted molar refractivity (Wildman–Crippen MR) is 78.5 cm³/mol. The molecule has 0 aliphatic rings. The second-order valence-electron chi connectivity index (χ2n) is 3.71. The summed E-state index contributed by atoms with van der Waals surface area (Å²) < 4.78 is 26.6. The minimum Gasteiger partial charge on any atom is -0.322 e. The monoisotopic (exact) mass is 393 g/mol. The van der Waals surface area contributed by atoms with Crippen LogP contribution in [0.2, 0.25) is 5.02 Å². The van der Waals surface area contributed by atoms with Crippen LogP contribution in [0.15, 0.2) is 36.4 Å². The van der Waals surface area contributed by atoms with Crippen molar-refractivity contribution in [2.45, 2.75) is 0 Å². The smallest absolute Gasteiger partial charge is 0.256 e. The molecule has 2 nitrogen and oxygen atoms in total. The summed E-state index contributed by atoms with van der Waals surface area (Å²) in [6, 6.07) is 7.77. The second kappa shape index (κ2) is 5.83. The lowest BCUT2D eigenvalue weighted by Gasteiger charge is -2.07. The van der Waals surface area contributed by atoms with Crippen LogP contribution in [0.5, 0.6) is 0 Å². The molecule has 1 amide bonds. The molecule has 0 saturated carbocycles. The Morgan fingerprint density at radius 2 is 1.89 bits per heavy atom. The molecule has 19 heavy (non-hydrogen) atoms. The van der Waals surface area contributed by atoms with Crippen LogP contribution in [0.4, 0.5) is 14.5 Å². The topological polar surface area (TPSA) is 29.1 Å². The molecule has 2 aromatic carbocycles. The van der Waals surface area contributed by atoms with E-state index in [1.54, 1.807) is 0 Å². The van der Waals surface area contributed by atoms with E-state index in [1.807, 2.05) is 22.6 Å². The van der Waals surface area contributed by atoms with Crippen molar-refractivity contribution in [1.29, 1.82) is 0 Å². The number of carbonyl (C=O) groups is 1. The van der Waals surface area contributed by atoms with Gasteiger partial charge in [-0.1, -0.05) is 11.6 Å². The Morgan fingerprint density at radius 1 is 1.16 bits per heavy atom. The molecular formula is C13H7ClF2INO. The molecule has 6 heteroatoms. The number of hydrogen-bond acceptors (Lipinski definition) is 1. The number of benzene rings is 2. The van der Waals surface area contributed by atoms with Crippen LogP contribution >= 0.6 is 34.2 Å². The first kappa shape index (κ1) is 14.2. The SMILES string of the molecule is O=C(Nc1ccc(Cl)c(F)c1)c1ccc(F)cc1I. The second-order valence-corrected chi connectivity index (χ2v) is 5.28. The van der Waals surface area contributed by atoms with Gasteiger partial charge in [-0.05, 0) is 59.0 Å². The standard InChI is InChI=1S/C13H7ClF2INO/c14-10-4-2-8(6-11(10)16)18-13(19)9-3-1-7(15)5-12(9)17/h1-6H,(H,18,19). The molecule has 0 unspecified atom stereocenters. The third-order valence-electron chi connectivity index (χ3n) is 2.35. The van der Waals surface area contributed by atoms with Gasteiger partial charge in [0.2, 0.25) is 0 Å². The summed E-state index contributed by atoms with van der Waals surface area (Å²) >= 11 is 7.41. The van der Waals surface area contributed by atoms with Crippen molar-refractivity contribution >= 4 is 45.8 Å². The van der Waals surface area contributed by atoms with E-state index in [0.717, 1.165) is 6.07 Å². The molecule has 0 bridgehead atoms. The lowest BCUT2D eigenvalue weighted by atomic mass is 10.2. The summed E-state index contributed by atoms with van der Waals surface area (Å²) in [5, 5.41) is 2.50.